The van der Waals surface area contributed by atoms with Crippen molar-refractivity contribution in [2.24, 2.45) is 16.1 Å². The Balaban J connectivity index is 2.14. The molecule has 5 heteroatoms. The van der Waals surface area contributed by atoms with Crippen LogP contribution in [-0.4, -0.2) is 17.3 Å². The number of hydrogen-bond donors (Lipinski definition) is 2. The minimum atomic E-state index is -0.0257. The van der Waals surface area contributed by atoms with Crippen LogP contribution in [0, 0.1) is 5.92 Å². The van der Waals surface area contributed by atoms with Gasteiger partial charge < -0.3 is 0 Å². The summed E-state index contributed by atoms with van der Waals surface area (Å²) >= 11 is 0. The van der Waals surface area contributed by atoms with Crippen LogP contribution in [0.3, 0.4) is 0 Å². The quantitative estimate of drug-likeness (QED) is 0.645. The molecule has 2 rings (SSSR count). The number of rotatable bonds is 3. The fraction of sp³-hybridized carbons (Fsp3) is 0.357. The van der Waals surface area contributed by atoms with Crippen LogP contribution < -0.4 is 10.9 Å². The second-order valence-corrected chi connectivity index (χ2v) is 4.89. The van der Waals surface area contributed by atoms with Gasteiger partial charge in [0.2, 0.25) is 5.91 Å². The molecule has 0 radical (unpaired) electrons. The van der Waals surface area contributed by atoms with Gasteiger partial charge in [0.25, 0.3) is 0 Å². The average molecular weight is 258 g/mol. The maximum Gasteiger partial charge on any atom is 0.240 e. The summed E-state index contributed by atoms with van der Waals surface area (Å²) in [5.74, 6) is 0.116. The molecule has 0 aliphatic carbocycles. The lowest BCUT2D eigenvalue weighted by atomic mass is 9.94. The normalized spacial score (nSPS) is 18.4. The Morgan fingerprint density at radius 1 is 1.37 bits per heavy atom. The highest BCUT2D eigenvalue weighted by atomic mass is 16.2. The number of hydrazone groups is 2. The zero-order chi connectivity index (χ0) is 13.8. The van der Waals surface area contributed by atoms with Gasteiger partial charge >= 0.3 is 0 Å². The highest BCUT2D eigenvalue weighted by molar-refractivity contribution is 6.05. The lowest BCUT2D eigenvalue weighted by molar-refractivity contribution is -0.121. The third-order valence-electron chi connectivity index (χ3n) is 2.85. The predicted octanol–water partition coefficient (Wildman–Crippen LogP) is 2.35. The van der Waals surface area contributed by atoms with Gasteiger partial charge in [-0.15, -0.1) is 0 Å². The first-order valence-electron chi connectivity index (χ1n) is 6.30. The number of carbonyl (C=O) groups is 1. The van der Waals surface area contributed by atoms with Gasteiger partial charge in [0.15, 0.2) is 0 Å². The van der Waals surface area contributed by atoms with E-state index in [1.165, 1.54) is 0 Å². The summed E-state index contributed by atoms with van der Waals surface area (Å²) in [5, 5.41) is 8.28. The molecule has 0 spiro atoms. The molecule has 0 saturated heterocycles. The maximum absolute atomic E-state index is 11.2. The molecule has 2 N–H and O–H groups in total. The summed E-state index contributed by atoms with van der Waals surface area (Å²) in [4.78, 5) is 11.2. The van der Waals surface area contributed by atoms with Crippen molar-refractivity contribution in [2.45, 2.75) is 27.2 Å². The molecule has 100 valence electrons. The molecule has 1 aromatic rings. The van der Waals surface area contributed by atoms with E-state index in [2.05, 4.69) is 21.1 Å². The van der Waals surface area contributed by atoms with Gasteiger partial charge in [-0.3, -0.25) is 10.2 Å². The maximum atomic E-state index is 11.2. The average Bonchev–Trinajstić information content (AvgIpc) is 2.37. The van der Waals surface area contributed by atoms with Crippen molar-refractivity contribution >= 4 is 23.0 Å². The zero-order valence-electron chi connectivity index (χ0n) is 11.4. The summed E-state index contributed by atoms with van der Waals surface area (Å²) in [6, 6.07) is 7.87. The summed E-state index contributed by atoms with van der Waals surface area (Å²) in [7, 11) is 0. The monoisotopic (exact) mass is 258 g/mol. The number of amides is 1. The molecule has 0 aromatic heterocycles. The summed E-state index contributed by atoms with van der Waals surface area (Å²) in [5.41, 5.74) is 9.34. The van der Waals surface area contributed by atoms with E-state index < -0.39 is 0 Å². The van der Waals surface area contributed by atoms with Gasteiger partial charge in [0.1, 0.15) is 0 Å². The standard InChI is InChI=1S/C14H18N4O/c1-9(2)15-16-12-6-4-11(5-7-12)14-10(3)8-13(19)17-18-14/h4-7,10,16H,8H2,1-3H3,(H,17,19)/t10-/m1/s1. The van der Waals surface area contributed by atoms with Gasteiger partial charge in [0.05, 0.1) is 11.4 Å². The number of nitrogens with zero attached hydrogens (tertiary/aromatic N) is 2. The van der Waals surface area contributed by atoms with Crippen molar-refractivity contribution in [1.82, 2.24) is 5.43 Å². The Bertz CT molecular complexity index is 527. The van der Waals surface area contributed by atoms with Crippen molar-refractivity contribution in [1.29, 1.82) is 0 Å². The van der Waals surface area contributed by atoms with Crippen LogP contribution in [0.15, 0.2) is 34.5 Å². The molecule has 1 aliphatic rings. The molecule has 1 aromatic carbocycles. The van der Waals surface area contributed by atoms with Crippen LogP contribution in [0.1, 0.15) is 32.8 Å². The van der Waals surface area contributed by atoms with Crippen molar-refractivity contribution in [3.05, 3.63) is 29.8 Å². The molecule has 1 heterocycles. The Hall–Kier alpha value is -2.17. The Kier molecular flexibility index (Phi) is 3.94. The smallest absolute Gasteiger partial charge is 0.240 e. The molecule has 0 fully saturated rings. The molecule has 19 heavy (non-hydrogen) atoms. The molecular formula is C14H18N4O. The lowest BCUT2D eigenvalue weighted by Gasteiger charge is -2.19. The fourth-order valence-corrected chi connectivity index (χ4v) is 1.89. The lowest BCUT2D eigenvalue weighted by Crippen LogP contribution is -2.31. The molecule has 1 aliphatic heterocycles. The minimum Gasteiger partial charge on any atom is -0.279 e. The van der Waals surface area contributed by atoms with Crippen LogP contribution in [0.2, 0.25) is 0 Å². The van der Waals surface area contributed by atoms with Crippen LogP contribution in [0.4, 0.5) is 5.69 Å². The highest BCUT2D eigenvalue weighted by Gasteiger charge is 2.21. The third kappa shape index (κ3) is 3.40. The number of anilines is 1. The van der Waals surface area contributed by atoms with Crippen LogP contribution >= 0.6 is 0 Å². The molecule has 0 bridgehead atoms. The van der Waals surface area contributed by atoms with Gasteiger partial charge in [0, 0.05) is 18.1 Å². The predicted molar refractivity (Wildman–Crippen MR) is 77.3 cm³/mol. The van der Waals surface area contributed by atoms with E-state index in [1.807, 2.05) is 45.0 Å². The highest BCUT2D eigenvalue weighted by Crippen LogP contribution is 2.18. The van der Waals surface area contributed by atoms with E-state index in [4.69, 9.17) is 0 Å². The SMILES string of the molecule is CC(C)=NNc1ccc(C2=NNC(=O)C[C@H]2C)cc1. The van der Waals surface area contributed by atoms with Gasteiger partial charge in [-0.2, -0.15) is 10.2 Å². The molecular weight excluding hydrogens is 240 g/mol. The third-order valence-corrected chi connectivity index (χ3v) is 2.85. The summed E-state index contributed by atoms with van der Waals surface area (Å²) < 4.78 is 0. The Labute approximate surface area is 112 Å². The first-order chi connectivity index (χ1) is 9.06. The molecule has 5 nitrogen and oxygen atoms in total. The van der Waals surface area contributed by atoms with E-state index in [0.717, 1.165) is 22.7 Å². The summed E-state index contributed by atoms with van der Waals surface area (Å²) in [6.07, 6.45) is 0.484. The largest absolute Gasteiger partial charge is 0.279 e. The van der Waals surface area contributed by atoms with Crippen molar-refractivity contribution in [3.8, 4) is 0 Å². The zero-order valence-corrected chi connectivity index (χ0v) is 11.4. The summed E-state index contributed by atoms with van der Waals surface area (Å²) in [6.45, 7) is 5.87. The van der Waals surface area contributed by atoms with E-state index in [-0.39, 0.29) is 11.8 Å². The molecule has 0 unspecified atom stereocenters. The minimum absolute atomic E-state index is 0.0257. The topological polar surface area (TPSA) is 65.8 Å². The number of nitrogens with one attached hydrogen (secondary N) is 2. The Morgan fingerprint density at radius 2 is 2.05 bits per heavy atom. The van der Waals surface area contributed by atoms with Gasteiger partial charge in [-0.25, -0.2) is 5.43 Å². The van der Waals surface area contributed by atoms with Crippen LogP contribution in [-0.2, 0) is 4.79 Å². The van der Waals surface area contributed by atoms with E-state index in [1.54, 1.807) is 0 Å². The number of hydrogen-bond acceptors (Lipinski definition) is 4. The van der Waals surface area contributed by atoms with Gasteiger partial charge in [-0.1, -0.05) is 19.1 Å². The van der Waals surface area contributed by atoms with E-state index in [0.29, 0.717) is 6.42 Å². The number of carbonyl (C=O) groups excluding carboxylic acids is 1. The molecule has 1 atom stereocenters. The van der Waals surface area contributed by atoms with Crippen molar-refractivity contribution in [3.63, 3.8) is 0 Å². The van der Waals surface area contributed by atoms with Crippen LogP contribution in [0.25, 0.3) is 0 Å². The first kappa shape index (κ1) is 13.3. The molecule has 1 amide bonds. The van der Waals surface area contributed by atoms with Crippen molar-refractivity contribution in [2.75, 3.05) is 5.43 Å². The second-order valence-electron chi connectivity index (χ2n) is 4.89. The van der Waals surface area contributed by atoms with Crippen molar-refractivity contribution < 1.29 is 4.79 Å². The van der Waals surface area contributed by atoms with Crippen LogP contribution in [0.5, 0.6) is 0 Å². The van der Waals surface area contributed by atoms with E-state index in [9.17, 15) is 4.79 Å². The number of benzene rings is 1. The first-order valence-corrected chi connectivity index (χ1v) is 6.30. The Morgan fingerprint density at radius 3 is 2.63 bits per heavy atom. The molecule has 0 saturated carbocycles. The van der Waals surface area contributed by atoms with Gasteiger partial charge in [-0.05, 0) is 31.5 Å². The fourth-order valence-electron chi connectivity index (χ4n) is 1.89. The second kappa shape index (κ2) is 5.65. The van der Waals surface area contributed by atoms with E-state index >= 15 is 0 Å².